The van der Waals surface area contributed by atoms with Crippen molar-refractivity contribution in [1.82, 2.24) is 9.97 Å². The fraction of sp³-hybridized carbons (Fsp3) is 0.267. The molecule has 0 saturated carbocycles. The first kappa shape index (κ1) is 14.4. The monoisotopic (exact) mass is 288 g/mol. The zero-order chi connectivity index (χ0) is 14.7. The van der Waals surface area contributed by atoms with E-state index in [1.807, 2.05) is 31.2 Å². The van der Waals surface area contributed by atoms with E-state index in [-0.39, 0.29) is 4.64 Å². The van der Waals surface area contributed by atoms with Gasteiger partial charge in [0.25, 0.3) is 0 Å². The van der Waals surface area contributed by atoms with Gasteiger partial charge in [-0.1, -0.05) is 36.0 Å². The van der Waals surface area contributed by atoms with Crippen molar-refractivity contribution in [2.45, 2.75) is 20.8 Å². The molecule has 2 aromatic rings. The molecule has 5 heteroatoms. The molecule has 0 radical (unpaired) electrons. The van der Waals surface area contributed by atoms with E-state index in [0.29, 0.717) is 23.7 Å². The molecule has 0 atom stereocenters. The molecule has 104 valence electrons. The Labute approximate surface area is 122 Å². The van der Waals surface area contributed by atoms with E-state index in [9.17, 15) is 4.79 Å². The molecule has 0 aliphatic rings. The summed E-state index contributed by atoms with van der Waals surface area (Å²) < 4.78 is 5.25. The minimum Gasteiger partial charge on any atom is -0.462 e. The molecule has 1 N–H and O–H groups in total. The summed E-state index contributed by atoms with van der Waals surface area (Å²) in [5, 5.41) is 0. The average molecular weight is 288 g/mol. The van der Waals surface area contributed by atoms with Gasteiger partial charge in [0, 0.05) is 11.3 Å². The zero-order valence-corrected chi connectivity index (χ0v) is 12.5. The quantitative estimate of drug-likeness (QED) is 0.692. The van der Waals surface area contributed by atoms with Crippen LogP contribution in [-0.4, -0.2) is 22.5 Å². The van der Waals surface area contributed by atoms with Crippen LogP contribution in [0.2, 0.25) is 0 Å². The minimum atomic E-state index is -0.436. The number of aromatic nitrogens is 2. The van der Waals surface area contributed by atoms with Crippen molar-refractivity contribution in [3.63, 3.8) is 0 Å². The summed E-state index contributed by atoms with van der Waals surface area (Å²) >= 11 is 5.22. The highest BCUT2D eigenvalue weighted by Gasteiger charge is 2.15. The molecular weight excluding hydrogens is 272 g/mol. The van der Waals surface area contributed by atoms with Crippen molar-refractivity contribution in [2.24, 2.45) is 0 Å². The Hall–Kier alpha value is -2.01. The number of hydrogen-bond donors (Lipinski definition) is 1. The van der Waals surface area contributed by atoms with Gasteiger partial charge < -0.3 is 9.72 Å². The van der Waals surface area contributed by atoms with Crippen LogP contribution in [0.1, 0.15) is 28.5 Å². The Morgan fingerprint density at radius 1 is 1.40 bits per heavy atom. The molecule has 0 aliphatic carbocycles. The number of rotatable bonds is 3. The first-order valence-electron chi connectivity index (χ1n) is 6.38. The van der Waals surface area contributed by atoms with Crippen molar-refractivity contribution in [3.8, 4) is 11.4 Å². The number of carbonyl (C=O) groups excluding carboxylic acids is 1. The van der Waals surface area contributed by atoms with E-state index in [1.165, 1.54) is 0 Å². The van der Waals surface area contributed by atoms with Crippen LogP contribution in [0.5, 0.6) is 0 Å². The predicted octanol–water partition coefficient (Wildman–Crippen LogP) is 3.60. The van der Waals surface area contributed by atoms with E-state index < -0.39 is 5.97 Å². The highest BCUT2D eigenvalue weighted by Crippen LogP contribution is 2.19. The number of H-pyrrole nitrogens is 1. The number of benzene rings is 1. The molecular formula is C15H16N2O2S. The summed E-state index contributed by atoms with van der Waals surface area (Å²) in [6, 6.07) is 7.93. The Morgan fingerprint density at radius 3 is 2.75 bits per heavy atom. The van der Waals surface area contributed by atoms with Gasteiger partial charge in [-0.2, -0.15) is 0 Å². The highest BCUT2D eigenvalue weighted by atomic mass is 32.1. The summed E-state index contributed by atoms with van der Waals surface area (Å²) in [7, 11) is 0. The summed E-state index contributed by atoms with van der Waals surface area (Å²) in [6.45, 7) is 5.88. The molecule has 20 heavy (non-hydrogen) atoms. The molecule has 0 amide bonds. The van der Waals surface area contributed by atoms with Gasteiger partial charge in [-0.25, -0.2) is 9.78 Å². The van der Waals surface area contributed by atoms with Crippen LogP contribution >= 0.6 is 12.2 Å². The topological polar surface area (TPSA) is 55.0 Å². The average Bonchev–Trinajstić information content (AvgIpc) is 2.38. The molecule has 0 spiro atoms. The molecule has 1 heterocycles. The largest absolute Gasteiger partial charge is 0.462 e. The third-order valence-corrected chi connectivity index (χ3v) is 3.17. The molecule has 0 aliphatic heterocycles. The van der Waals surface area contributed by atoms with Crippen molar-refractivity contribution in [2.75, 3.05) is 6.61 Å². The number of aromatic amines is 1. The van der Waals surface area contributed by atoms with Gasteiger partial charge >= 0.3 is 5.97 Å². The van der Waals surface area contributed by atoms with Crippen LogP contribution in [0.25, 0.3) is 11.4 Å². The van der Waals surface area contributed by atoms with E-state index in [0.717, 1.165) is 11.1 Å². The lowest BCUT2D eigenvalue weighted by Crippen LogP contribution is -2.10. The van der Waals surface area contributed by atoms with Gasteiger partial charge in [0.1, 0.15) is 16.0 Å². The number of aryl methyl sites for hydroxylation is 2. The van der Waals surface area contributed by atoms with Crippen molar-refractivity contribution < 1.29 is 9.53 Å². The lowest BCUT2D eigenvalue weighted by atomic mass is 10.1. The molecule has 1 aromatic carbocycles. The standard InChI is InChI=1S/C15H16N2O2S/c1-4-19-15(18)12-10(3)16-13(17-14(12)20)11-7-5-6-9(2)8-11/h5-8H,4H2,1-3H3,(H,16,17,20). The minimum absolute atomic E-state index is 0.260. The van der Waals surface area contributed by atoms with Crippen LogP contribution in [0, 0.1) is 18.5 Å². The van der Waals surface area contributed by atoms with Crippen LogP contribution in [-0.2, 0) is 4.74 Å². The van der Waals surface area contributed by atoms with Crippen LogP contribution in [0.4, 0.5) is 0 Å². The molecule has 0 unspecified atom stereocenters. The van der Waals surface area contributed by atoms with E-state index in [4.69, 9.17) is 17.0 Å². The summed E-state index contributed by atoms with van der Waals surface area (Å²) in [5.41, 5.74) is 3.07. The number of hydrogen-bond acceptors (Lipinski definition) is 4. The second-order valence-corrected chi connectivity index (χ2v) is 4.87. The van der Waals surface area contributed by atoms with Gasteiger partial charge in [-0.3, -0.25) is 0 Å². The highest BCUT2D eigenvalue weighted by molar-refractivity contribution is 7.71. The first-order valence-corrected chi connectivity index (χ1v) is 6.78. The maximum absolute atomic E-state index is 11.8. The van der Waals surface area contributed by atoms with Crippen LogP contribution in [0.15, 0.2) is 24.3 Å². The Kier molecular flexibility index (Phi) is 4.29. The number of ether oxygens (including phenoxy) is 1. The number of nitrogens with zero attached hydrogens (tertiary/aromatic N) is 1. The summed E-state index contributed by atoms with van der Waals surface area (Å²) in [4.78, 5) is 19.3. The maximum Gasteiger partial charge on any atom is 0.343 e. The molecule has 0 saturated heterocycles. The second-order valence-electron chi connectivity index (χ2n) is 4.48. The van der Waals surface area contributed by atoms with E-state index in [1.54, 1.807) is 13.8 Å². The van der Waals surface area contributed by atoms with E-state index >= 15 is 0 Å². The molecule has 4 nitrogen and oxygen atoms in total. The molecule has 2 rings (SSSR count). The molecule has 1 aromatic heterocycles. The predicted molar refractivity (Wildman–Crippen MR) is 80.3 cm³/mol. The SMILES string of the molecule is CCOC(=O)c1c(C)[nH]c(-c2cccc(C)c2)nc1=S. The molecule has 0 fully saturated rings. The van der Waals surface area contributed by atoms with Gasteiger partial charge in [-0.05, 0) is 26.8 Å². The summed E-state index contributed by atoms with van der Waals surface area (Å²) in [5.74, 6) is 0.221. The van der Waals surface area contributed by atoms with E-state index in [2.05, 4.69) is 9.97 Å². The number of esters is 1. The Morgan fingerprint density at radius 2 is 2.15 bits per heavy atom. The van der Waals surface area contributed by atoms with Crippen LogP contribution < -0.4 is 0 Å². The second kappa shape index (κ2) is 5.96. The van der Waals surface area contributed by atoms with Gasteiger partial charge in [0.15, 0.2) is 0 Å². The lowest BCUT2D eigenvalue weighted by molar-refractivity contribution is 0.0523. The normalized spacial score (nSPS) is 10.3. The zero-order valence-electron chi connectivity index (χ0n) is 11.7. The van der Waals surface area contributed by atoms with Gasteiger partial charge in [-0.15, -0.1) is 0 Å². The Balaban J connectivity index is 2.51. The number of nitrogens with one attached hydrogen (secondary N) is 1. The van der Waals surface area contributed by atoms with Crippen LogP contribution in [0.3, 0.4) is 0 Å². The fourth-order valence-corrected chi connectivity index (χ4v) is 2.29. The van der Waals surface area contributed by atoms with Gasteiger partial charge in [0.2, 0.25) is 0 Å². The summed E-state index contributed by atoms with van der Waals surface area (Å²) in [6.07, 6.45) is 0. The third-order valence-electron chi connectivity index (χ3n) is 2.88. The maximum atomic E-state index is 11.8. The van der Waals surface area contributed by atoms with Crippen molar-refractivity contribution in [1.29, 1.82) is 0 Å². The molecule has 0 bridgehead atoms. The smallest absolute Gasteiger partial charge is 0.343 e. The lowest BCUT2D eigenvalue weighted by Gasteiger charge is -2.09. The third kappa shape index (κ3) is 2.93. The fourth-order valence-electron chi connectivity index (χ4n) is 1.96. The Bertz CT molecular complexity index is 707. The first-order chi connectivity index (χ1) is 9.52. The van der Waals surface area contributed by atoms with Gasteiger partial charge in [0.05, 0.1) is 6.61 Å². The van der Waals surface area contributed by atoms with Crippen molar-refractivity contribution in [3.05, 3.63) is 45.7 Å². The number of carbonyl (C=O) groups is 1. The van der Waals surface area contributed by atoms with Crippen molar-refractivity contribution >= 4 is 18.2 Å².